The fourth-order valence-corrected chi connectivity index (χ4v) is 2.22. The number of halogens is 2. The molecule has 0 aliphatic rings. The second kappa shape index (κ2) is 8.18. The Bertz CT molecular complexity index is 712. The first-order chi connectivity index (χ1) is 11.0. The lowest BCUT2D eigenvalue weighted by Gasteiger charge is -2.12. The average molecular weight is 431 g/mol. The molecule has 0 bridgehead atoms. The molecule has 0 aliphatic heterocycles. The minimum atomic E-state index is -0.542. The molecule has 2 rings (SSSR count). The molecule has 1 amide bonds. The van der Waals surface area contributed by atoms with Crippen molar-refractivity contribution in [3.8, 4) is 0 Å². The molecule has 0 saturated carbocycles. The van der Waals surface area contributed by atoms with Crippen LogP contribution >= 0.6 is 22.6 Å². The molecule has 0 aliphatic carbocycles. The van der Waals surface area contributed by atoms with E-state index in [0.29, 0.717) is 5.69 Å². The summed E-state index contributed by atoms with van der Waals surface area (Å²) in [5.41, 5.74) is 3.28. The summed E-state index contributed by atoms with van der Waals surface area (Å²) >= 11 is 2.01. The van der Waals surface area contributed by atoms with Crippen LogP contribution in [-0.4, -0.2) is 29.2 Å². The Balaban J connectivity index is 2.26. The monoisotopic (exact) mass is 431 g/mol. The third-order valence-electron chi connectivity index (χ3n) is 2.82. The number of aromatic nitrogens is 1. The van der Waals surface area contributed by atoms with E-state index in [1.165, 1.54) is 6.07 Å². The van der Waals surface area contributed by atoms with Crippen molar-refractivity contribution >= 4 is 40.0 Å². The number of aliphatic hydroxyl groups excluding tert-OH is 1. The number of rotatable bonds is 6. The van der Waals surface area contributed by atoms with Gasteiger partial charge in [-0.1, -0.05) is 0 Å². The van der Waals surface area contributed by atoms with Crippen LogP contribution < -0.4 is 10.8 Å². The van der Waals surface area contributed by atoms with Gasteiger partial charge in [0.2, 0.25) is 0 Å². The highest BCUT2D eigenvalue weighted by Gasteiger charge is 2.15. The first-order valence-electron chi connectivity index (χ1n) is 6.74. The second-order valence-corrected chi connectivity index (χ2v) is 5.85. The van der Waals surface area contributed by atoms with Crippen molar-refractivity contribution in [1.82, 2.24) is 10.5 Å². The van der Waals surface area contributed by atoms with Crippen molar-refractivity contribution in [2.45, 2.75) is 6.92 Å². The quantitative estimate of drug-likeness (QED) is 0.372. The van der Waals surface area contributed by atoms with E-state index in [4.69, 9.17) is 9.94 Å². The van der Waals surface area contributed by atoms with Crippen LogP contribution in [0.2, 0.25) is 0 Å². The molecule has 23 heavy (non-hydrogen) atoms. The number of aryl methyl sites for hydroxylation is 1. The lowest BCUT2D eigenvalue weighted by molar-refractivity contribution is 0.0168. The van der Waals surface area contributed by atoms with Crippen molar-refractivity contribution in [3.05, 3.63) is 51.0 Å². The minimum Gasteiger partial charge on any atom is -0.394 e. The van der Waals surface area contributed by atoms with Gasteiger partial charge in [-0.05, 0) is 59.8 Å². The van der Waals surface area contributed by atoms with Crippen LogP contribution in [0, 0.1) is 16.3 Å². The number of pyridine rings is 1. The van der Waals surface area contributed by atoms with Crippen molar-refractivity contribution < 1.29 is 19.1 Å². The predicted octanol–water partition coefficient (Wildman–Crippen LogP) is 2.53. The lowest BCUT2D eigenvalue weighted by Crippen LogP contribution is -2.26. The smallest absolute Gasteiger partial charge is 0.278 e. The van der Waals surface area contributed by atoms with E-state index in [9.17, 15) is 9.18 Å². The molecule has 8 heteroatoms. The highest BCUT2D eigenvalue weighted by Crippen LogP contribution is 2.23. The maximum Gasteiger partial charge on any atom is 0.278 e. The summed E-state index contributed by atoms with van der Waals surface area (Å²) in [5, 5.41) is 11.5. The number of hydrogen-bond donors (Lipinski definition) is 3. The molecule has 0 spiro atoms. The summed E-state index contributed by atoms with van der Waals surface area (Å²) in [6.07, 6.45) is 0. The van der Waals surface area contributed by atoms with Gasteiger partial charge in [0.15, 0.2) is 0 Å². The first-order valence-corrected chi connectivity index (χ1v) is 7.82. The molecular weight excluding hydrogens is 416 g/mol. The second-order valence-electron chi connectivity index (χ2n) is 4.60. The Morgan fingerprint density at radius 1 is 1.39 bits per heavy atom. The highest BCUT2D eigenvalue weighted by atomic mass is 127. The van der Waals surface area contributed by atoms with E-state index in [2.05, 4.69) is 15.8 Å². The molecule has 122 valence electrons. The van der Waals surface area contributed by atoms with E-state index < -0.39 is 11.7 Å². The van der Waals surface area contributed by atoms with Crippen LogP contribution in [-0.2, 0) is 4.84 Å². The van der Waals surface area contributed by atoms with Gasteiger partial charge in [-0.3, -0.25) is 9.63 Å². The molecule has 1 heterocycles. The number of carbonyl (C=O) groups excluding carboxylic acids is 1. The zero-order chi connectivity index (χ0) is 16.8. The van der Waals surface area contributed by atoms with Crippen molar-refractivity contribution in [2.24, 2.45) is 0 Å². The molecular formula is C15H15FIN3O3. The first kappa shape index (κ1) is 17.6. The van der Waals surface area contributed by atoms with Gasteiger partial charge >= 0.3 is 0 Å². The summed E-state index contributed by atoms with van der Waals surface area (Å²) < 4.78 is 14.7. The van der Waals surface area contributed by atoms with Gasteiger partial charge in [0, 0.05) is 9.26 Å². The maximum absolute atomic E-state index is 14.0. The third-order valence-corrected chi connectivity index (χ3v) is 3.49. The predicted molar refractivity (Wildman–Crippen MR) is 91.9 cm³/mol. The Morgan fingerprint density at radius 3 is 2.87 bits per heavy atom. The standard InChI is InChI=1S/C15H15FIN3O3/c1-9-2-4-11(15(22)20-23-7-6-21)14(18-9)19-13-5-3-10(17)8-12(13)16/h2-5,8,21H,6-7H2,1H3,(H,18,19)(H,20,22). The molecule has 3 N–H and O–H groups in total. The molecule has 6 nitrogen and oxygen atoms in total. The molecule has 0 unspecified atom stereocenters. The number of carbonyl (C=O) groups is 1. The number of nitrogens with one attached hydrogen (secondary N) is 2. The summed E-state index contributed by atoms with van der Waals surface area (Å²) in [7, 11) is 0. The molecule has 0 fully saturated rings. The summed E-state index contributed by atoms with van der Waals surface area (Å²) in [4.78, 5) is 21.1. The molecule has 1 aromatic heterocycles. The van der Waals surface area contributed by atoms with Crippen molar-refractivity contribution in [1.29, 1.82) is 0 Å². The normalized spacial score (nSPS) is 10.4. The van der Waals surface area contributed by atoms with E-state index >= 15 is 0 Å². The Morgan fingerprint density at radius 2 is 2.17 bits per heavy atom. The van der Waals surface area contributed by atoms with E-state index in [0.717, 1.165) is 3.57 Å². The number of anilines is 2. The van der Waals surface area contributed by atoms with Gasteiger partial charge in [0.05, 0.1) is 24.5 Å². The number of nitrogens with zero attached hydrogens (tertiary/aromatic N) is 1. The Hall–Kier alpha value is -1.78. The van der Waals surface area contributed by atoms with Crippen molar-refractivity contribution in [2.75, 3.05) is 18.5 Å². The molecule has 2 aromatic rings. The number of hydroxylamine groups is 1. The van der Waals surface area contributed by atoms with Crippen molar-refractivity contribution in [3.63, 3.8) is 0 Å². The number of aliphatic hydroxyl groups is 1. The minimum absolute atomic E-state index is 0.0282. The van der Waals surface area contributed by atoms with Gasteiger partial charge in [0.1, 0.15) is 11.6 Å². The third kappa shape index (κ3) is 4.85. The topological polar surface area (TPSA) is 83.5 Å². The fraction of sp³-hybridized carbons (Fsp3) is 0.200. The van der Waals surface area contributed by atoms with Gasteiger partial charge in [-0.25, -0.2) is 14.9 Å². The van der Waals surface area contributed by atoms with Crippen LogP contribution in [0.5, 0.6) is 0 Å². The van der Waals surface area contributed by atoms with Crippen LogP contribution in [0.3, 0.4) is 0 Å². The zero-order valence-electron chi connectivity index (χ0n) is 12.3. The molecule has 0 radical (unpaired) electrons. The van der Waals surface area contributed by atoms with Gasteiger partial charge < -0.3 is 10.4 Å². The van der Waals surface area contributed by atoms with Crippen LogP contribution in [0.4, 0.5) is 15.9 Å². The number of benzene rings is 1. The van der Waals surface area contributed by atoms with Gasteiger partial charge in [-0.15, -0.1) is 0 Å². The van der Waals surface area contributed by atoms with Crippen LogP contribution in [0.1, 0.15) is 16.1 Å². The number of amides is 1. The van der Waals surface area contributed by atoms with Gasteiger partial charge in [0.25, 0.3) is 5.91 Å². The Labute approximate surface area is 146 Å². The summed E-state index contributed by atoms with van der Waals surface area (Å²) in [6.45, 7) is 1.52. The average Bonchev–Trinajstić information content (AvgIpc) is 2.50. The fourth-order valence-electron chi connectivity index (χ4n) is 1.77. The zero-order valence-corrected chi connectivity index (χ0v) is 14.4. The highest BCUT2D eigenvalue weighted by molar-refractivity contribution is 14.1. The van der Waals surface area contributed by atoms with Gasteiger partial charge in [-0.2, -0.15) is 0 Å². The summed E-state index contributed by atoms with van der Waals surface area (Å²) in [5.74, 6) is -0.766. The molecule has 0 saturated heterocycles. The molecule has 0 atom stereocenters. The van der Waals surface area contributed by atoms with Crippen LogP contribution in [0.15, 0.2) is 30.3 Å². The maximum atomic E-state index is 14.0. The van der Waals surface area contributed by atoms with E-state index in [1.807, 2.05) is 22.6 Å². The SMILES string of the molecule is Cc1ccc(C(=O)NOCCO)c(Nc2ccc(I)cc2F)n1. The Kier molecular flexibility index (Phi) is 6.25. The van der Waals surface area contributed by atoms with E-state index in [1.54, 1.807) is 31.2 Å². The lowest BCUT2D eigenvalue weighted by atomic mass is 10.2. The van der Waals surface area contributed by atoms with Crippen LogP contribution in [0.25, 0.3) is 0 Å². The number of hydrogen-bond acceptors (Lipinski definition) is 5. The van der Waals surface area contributed by atoms with E-state index in [-0.39, 0.29) is 30.3 Å². The largest absolute Gasteiger partial charge is 0.394 e. The molecule has 1 aromatic carbocycles. The summed E-state index contributed by atoms with van der Waals surface area (Å²) in [6, 6.07) is 7.92.